The van der Waals surface area contributed by atoms with E-state index in [0.717, 1.165) is 5.92 Å². The molecular weight excluding hydrogens is 262 g/mol. The number of oxime groups is 1. The van der Waals surface area contributed by atoms with Crippen LogP contribution in [0.25, 0.3) is 0 Å². The lowest BCUT2D eigenvalue weighted by atomic mass is 9.82. The summed E-state index contributed by atoms with van der Waals surface area (Å²) in [5, 5.41) is 3.95. The maximum absolute atomic E-state index is 5.34. The minimum absolute atomic E-state index is 0.496. The van der Waals surface area contributed by atoms with Crippen molar-refractivity contribution in [3.63, 3.8) is 0 Å². The number of aryl methyl sites for hydroxylation is 1. The Labute approximate surface area is 128 Å². The predicted molar refractivity (Wildman–Crippen MR) is 86.5 cm³/mol. The van der Waals surface area contributed by atoms with E-state index in [9.17, 15) is 0 Å². The topological polar surface area (TPSA) is 30.8 Å². The van der Waals surface area contributed by atoms with Crippen LogP contribution in [0.4, 0.5) is 0 Å². The van der Waals surface area contributed by atoms with E-state index in [0.29, 0.717) is 19.1 Å². The molecule has 1 aliphatic carbocycles. The van der Waals surface area contributed by atoms with Gasteiger partial charge in [0.15, 0.2) is 0 Å². The van der Waals surface area contributed by atoms with Gasteiger partial charge in [-0.15, -0.1) is 0 Å². The minimum atomic E-state index is 0.496. The van der Waals surface area contributed by atoms with E-state index < -0.39 is 0 Å². The van der Waals surface area contributed by atoms with Crippen molar-refractivity contribution in [3.8, 4) is 0 Å². The van der Waals surface area contributed by atoms with Gasteiger partial charge in [0.1, 0.15) is 6.61 Å². The number of ether oxygens (including phenoxy) is 1. The number of rotatable bonds is 5. The molecule has 0 spiro atoms. The lowest BCUT2D eigenvalue weighted by Crippen LogP contribution is -2.06. The largest absolute Gasteiger partial charge is 0.479 e. The molecule has 0 bridgehead atoms. The Morgan fingerprint density at radius 2 is 2.00 bits per heavy atom. The van der Waals surface area contributed by atoms with Gasteiger partial charge >= 0.3 is 0 Å². The molecule has 3 nitrogen and oxygen atoms in total. The molecule has 0 aliphatic heterocycles. The zero-order valence-corrected chi connectivity index (χ0v) is 13.5. The van der Waals surface area contributed by atoms with E-state index in [4.69, 9.17) is 9.57 Å². The molecule has 1 fully saturated rings. The minimum Gasteiger partial charge on any atom is -0.479 e. The van der Waals surface area contributed by atoms with Crippen LogP contribution < -0.4 is 0 Å². The van der Waals surface area contributed by atoms with Crippen LogP contribution in [0.15, 0.2) is 23.4 Å². The molecule has 0 atom stereocenters. The third kappa shape index (κ3) is 4.76. The Morgan fingerprint density at radius 1 is 1.24 bits per heavy atom. The van der Waals surface area contributed by atoms with E-state index in [1.165, 1.54) is 48.8 Å². The molecule has 1 aliphatic rings. The maximum atomic E-state index is 5.34. The third-order valence-corrected chi connectivity index (χ3v) is 4.16. The van der Waals surface area contributed by atoms with Gasteiger partial charge in [-0.2, -0.15) is 0 Å². The molecule has 1 aromatic rings. The fourth-order valence-electron chi connectivity index (χ4n) is 3.13. The quantitative estimate of drug-likeness (QED) is 0.437. The third-order valence-electron chi connectivity index (χ3n) is 4.16. The van der Waals surface area contributed by atoms with Crippen molar-refractivity contribution in [3.05, 3.63) is 34.9 Å². The molecule has 0 saturated heterocycles. The summed E-state index contributed by atoms with van der Waals surface area (Å²) in [6.07, 6.45) is 6.84. The standard InChI is InChI=1S/C18H27NO2/c1-4-20-15(3)19-21-13-16-10-11-18(14(2)12-16)17-8-6-5-7-9-17/h10-12,17H,4-9,13H2,1-3H3/b19-15+. The first-order valence-electron chi connectivity index (χ1n) is 8.09. The highest BCUT2D eigenvalue weighted by Crippen LogP contribution is 2.34. The molecule has 2 rings (SSSR count). The monoisotopic (exact) mass is 289 g/mol. The molecule has 0 amide bonds. The first-order chi connectivity index (χ1) is 10.2. The van der Waals surface area contributed by atoms with Gasteiger partial charge in [-0.05, 0) is 49.3 Å². The van der Waals surface area contributed by atoms with Crippen LogP contribution in [0.5, 0.6) is 0 Å². The highest BCUT2D eigenvalue weighted by Gasteiger charge is 2.17. The zero-order valence-electron chi connectivity index (χ0n) is 13.5. The summed E-state index contributed by atoms with van der Waals surface area (Å²) in [6.45, 7) is 7.07. The normalized spacial score (nSPS) is 16.8. The molecule has 0 unspecified atom stereocenters. The number of nitrogens with zero attached hydrogens (tertiary/aromatic N) is 1. The molecule has 1 aromatic carbocycles. The highest BCUT2D eigenvalue weighted by atomic mass is 16.6. The van der Waals surface area contributed by atoms with E-state index in [-0.39, 0.29) is 0 Å². The second kappa shape index (κ2) is 8.06. The Kier molecular flexibility index (Phi) is 6.09. The smallest absolute Gasteiger partial charge is 0.222 e. The number of benzene rings is 1. The summed E-state index contributed by atoms with van der Waals surface area (Å²) in [4.78, 5) is 5.34. The first kappa shape index (κ1) is 15.9. The average molecular weight is 289 g/mol. The summed E-state index contributed by atoms with van der Waals surface area (Å²) in [5.74, 6) is 1.33. The lowest BCUT2D eigenvalue weighted by Gasteiger charge is -2.23. The Hall–Kier alpha value is -1.51. The summed E-state index contributed by atoms with van der Waals surface area (Å²) < 4.78 is 5.23. The van der Waals surface area contributed by atoms with E-state index in [1.807, 2.05) is 6.92 Å². The van der Waals surface area contributed by atoms with Crippen molar-refractivity contribution in [1.82, 2.24) is 0 Å². The van der Waals surface area contributed by atoms with Gasteiger partial charge in [0, 0.05) is 6.92 Å². The Balaban J connectivity index is 1.93. The summed E-state index contributed by atoms with van der Waals surface area (Å²) in [6, 6.07) is 6.68. The van der Waals surface area contributed by atoms with Crippen molar-refractivity contribution in [1.29, 1.82) is 0 Å². The van der Waals surface area contributed by atoms with Gasteiger partial charge in [0.2, 0.25) is 5.90 Å². The molecule has 116 valence electrons. The van der Waals surface area contributed by atoms with Gasteiger partial charge in [-0.25, -0.2) is 0 Å². The van der Waals surface area contributed by atoms with Crippen LogP contribution >= 0.6 is 0 Å². The second-order valence-corrected chi connectivity index (χ2v) is 5.84. The van der Waals surface area contributed by atoms with Gasteiger partial charge in [-0.3, -0.25) is 0 Å². The van der Waals surface area contributed by atoms with Gasteiger partial charge in [-0.1, -0.05) is 42.6 Å². The van der Waals surface area contributed by atoms with Gasteiger partial charge in [0.05, 0.1) is 6.61 Å². The van der Waals surface area contributed by atoms with Crippen molar-refractivity contribution < 1.29 is 9.57 Å². The van der Waals surface area contributed by atoms with E-state index in [2.05, 4.69) is 30.3 Å². The molecule has 1 saturated carbocycles. The lowest BCUT2D eigenvalue weighted by molar-refractivity contribution is 0.119. The summed E-state index contributed by atoms with van der Waals surface area (Å²) in [7, 11) is 0. The molecule has 21 heavy (non-hydrogen) atoms. The van der Waals surface area contributed by atoms with Gasteiger partial charge < -0.3 is 9.57 Å². The Morgan fingerprint density at radius 3 is 2.67 bits per heavy atom. The maximum Gasteiger partial charge on any atom is 0.222 e. The summed E-state index contributed by atoms with van der Waals surface area (Å²) >= 11 is 0. The Bertz CT molecular complexity index is 476. The molecule has 3 heteroatoms. The van der Waals surface area contributed by atoms with Crippen molar-refractivity contribution >= 4 is 5.90 Å². The molecule has 0 radical (unpaired) electrons. The molecule has 0 N–H and O–H groups in total. The fourth-order valence-corrected chi connectivity index (χ4v) is 3.13. The van der Waals surface area contributed by atoms with Crippen LogP contribution in [0.2, 0.25) is 0 Å². The van der Waals surface area contributed by atoms with Crippen LogP contribution in [0.3, 0.4) is 0 Å². The van der Waals surface area contributed by atoms with Crippen molar-refractivity contribution in [2.75, 3.05) is 6.61 Å². The fraction of sp³-hybridized carbons (Fsp3) is 0.611. The molecule has 0 aromatic heterocycles. The van der Waals surface area contributed by atoms with Crippen LogP contribution in [-0.4, -0.2) is 12.5 Å². The highest BCUT2D eigenvalue weighted by molar-refractivity contribution is 5.72. The second-order valence-electron chi connectivity index (χ2n) is 5.84. The van der Waals surface area contributed by atoms with Crippen molar-refractivity contribution in [2.24, 2.45) is 5.16 Å². The van der Waals surface area contributed by atoms with Crippen LogP contribution in [0.1, 0.15) is 68.6 Å². The SMILES string of the molecule is CCO/C(C)=N/OCc1ccc(C2CCCCC2)c(C)c1. The summed E-state index contributed by atoms with van der Waals surface area (Å²) in [5.41, 5.74) is 4.07. The van der Waals surface area contributed by atoms with Gasteiger partial charge in [0.25, 0.3) is 0 Å². The average Bonchev–Trinajstić information content (AvgIpc) is 2.48. The van der Waals surface area contributed by atoms with Crippen LogP contribution in [-0.2, 0) is 16.2 Å². The molecular formula is C18H27NO2. The predicted octanol–water partition coefficient (Wildman–Crippen LogP) is 4.93. The first-order valence-corrected chi connectivity index (χ1v) is 8.09. The van der Waals surface area contributed by atoms with E-state index in [1.54, 1.807) is 6.92 Å². The van der Waals surface area contributed by atoms with Crippen LogP contribution in [0, 0.1) is 6.92 Å². The number of hydrogen-bond acceptors (Lipinski definition) is 3. The van der Waals surface area contributed by atoms with E-state index >= 15 is 0 Å². The van der Waals surface area contributed by atoms with Crippen molar-refractivity contribution in [2.45, 2.75) is 65.4 Å². The number of hydrogen-bond donors (Lipinski definition) is 0. The molecule has 0 heterocycles. The zero-order chi connectivity index (χ0) is 15.1.